The summed E-state index contributed by atoms with van der Waals surface area (Å²) in [4.78, 5) is 4.87. The molecular weight excluding hydrogens is 350 g/mol. The molecule has 3 rings (SSSR count). The van der Waals surface area contributed by atoms with Gasteiger partial charge in [-0.05, 0) is 62.5 Å². The fourth-order valence-electron chi connectivity index (χ4n) is 4.13. The van der Waals surface area contributed by atoms with E-state index in [2.05, 4.69) is 41.8 Å². The molecule has 1 fully saturated rings. The Labute approximate surface area is 170 Å². The van der Waals surface area contributed by atoms with Gasteiger partial charge in [0.2, 0.25) is 0 Å². The first-order valence-corrected chi connectivity index (χ1v) is 11.1. The smallest absolute Gasteiger partial charge is 0.191 e. The molecule has 1 aliphatic heterocycles. The van der Waals surface area contributed by atoms with E-state index in [4.69, 9.17) is 14.5 Å². The van der Waals surface area contributed by atoms with Crippen molar-refractivity contribution >= 4 is 5.96 Å². The first-order chi connectivity index (χ1) is 13.9. The predicted molar refractivity (Wildman–Crippen MR) is 115 cm³/mol. The van der Waals surface area contributed by atoms with Crippen molar-refractivity contribution in [2.75, 3.05) is 46.1 Å². The summed E-state index contributed by atoms with van der Waals surface area (Å²) in [5.41, 5.74) is 3.00. The number of hydrogen-bond donors (Lipinski definition) is 2. The van der Waals surface area contributed by atoms with Crippen LogP contribution in [0.25, 0.3) is 0 Å². The van der Waals surface area contributed by atoms with Crippen LogP contribution in [0, 0.1) is 5.92 Å². The van der Waals surface area contributed by atoms with Crippen molar-refractivity contribution in [3.05, 3.63) is 35.4 Å². The minimum Gasteiger partial charge on any atom is -0.381 e. The van der Waals surface area contributed by atoms with Crippen LogP contribution < -0.4 is 10.6 Å². The average Bonchev–Trinajstić information content (AvgIpc) is 2.75. The highest BCUT2D eigenvalue weighted by molar-refractivity contribution is 5.79. The summed E-state index contributed by atoms with van der Waals surface area (Å²) in [7, 11) is 0. The Kier molecular flexibility index (Phi) is 9.11. The number of nitrogens with zero attached hydrogens (tertiary/aromatic N) is 1. The zero-order valence-corrected chi connectivity index (χ0v) is 17.4. The van der Waals surface area contributed by atoms with Gasteiger partial charge in [-0.2, -0.15) is 0 Å². The average molecular weight is 388 g/mol. The molecule has 2 N–H and O–H groups in total. The van der Waals surface area contributed by atoms with Crippen LogP contribution in [-0.4, -0.2) is 52.0 Å². The van der Waals surface area contributed by atoms with Crippen LogP contribution in [0.3, 0.4) is 0 Å². The van der Waals surface area contributed by atoms with Gasteiger partial charge in [-0.25, -0.2) is 0 Å². The van der Waals surface area contributed by atoms with Crippen molar-refractivity contribution in [1.82, 2.24) is 10.6 Å². The fraction of sp³-hybridized carbons (Fsp3) is 0.696. The third-order valence-electron chi connectivity index (χ3n) is 5.76. The van der Waals surface area contributed by atoms with Gasteiger partial charge < -0.3 is 20.1 Å². The van der Waals surface area contributed by atoms with Gasteiger partial charge in [-0.1, -0.05) is 24.3 Å². The van der Waals surface area contributed by atoms with Gasteiger partial charge in [0.25, 0.3) is 0 Å². The standard InChI is InChI=1S/C23H37N3O2/c1-2-24-23(25-13-6-14-28-18-19-11-15-27-16-12-19)26-17-21-9-5-8-20-7-3-4-10-22(20)21/h3-4,7,10,19,21H,2,5-6,8-9,11-18H2,1H3,(H2,24,25,26). The van der Waals surface area contributed by atoms with Gasteiger partial charge in [-0.15, -0.1) is 0 Å². The van der Waals surface area contributed by atoms with Crippen LogP contribution >= 0.6 is 0 Å². The van der Waals surface area contributed by atoms with E-state index in [9.17, 15) is 0 Å². The van der Waals surface area contributed by atoms with Gasteiger partial charge in [0.05, 0.1) is 0 Å². The third kappa shape index (κ3) is 6.78. The first kappa shape index (κ1) is 21.1. The lowest BCUT2D eigenvalue weighted by molar-refractivity contribution is 0.0203. The summed E-state index contributed by atoms with van der Waals surface area (Å²) in [6.45, 7) is 8.20. The number of nitrogens with one attached hydrogen (secondary N) is 2. The van der Waals surface area contributed by atoms with Crippen molar-refractivity contribution in [2.24, 2.45) is 10.9 Å². The lowest BCUT2D eigenvalue weighted by Gasteiger charge is -2.24. The maximum absolute atomic E-state index is 5.85. The number of hydrogen-bond acceptors (Lipinski definition) is 3. The molecule has 0 radical (unpaired) electrons. The highest BCUT2D eigenvalue weighted by atomic mass is 16.5. The molecule has 1 aromatic carbocycles. The summed E-state index contributed by atoms with van der Waals surface area (Å²) in [6, 6.07) is 8.87. The van der Waals surface area contributed by atoms with Gasteiger partial charge in [-0.3, -0.25) is 4.99 Å². The normalized spacial score (nSPS) is 20.6. The second-order valence-electron chi connectivity index (χ2n) is 7.92. The summed E-state index contributed by atoms with van der Waals surface area (Å²) in [5.74, 6) is 2.15. The molecule has 5 heteroatoms. The van der Waals surface area contributed by atoms with Crippen LogP contribution in [0.5, 0.6) is 0 Å². The van der Waals surface area contributed by atoms with E-state index in [1.54, 1.807) is 0 Å². The summed E-state index contributed by atoms with van der Waals surface area (Å²) < 4.78 is 11.2. The minimum absolute atomic E-state index is 0.545. The summed E-state index contributed by atoms with van der Waals surface area (Å²) in [6.07, 6.45) is 6.99. The Morgan fingerprint density at radius 2 is 2.04 bits per heavy atom. The van der Waals surface area contributed by atoms with Crippen molar-refractivity contribution < 1.29 is 9.47 Å². The molecule has 0 aromatic heterocycles. The second kappa shape index (κ2) is 12.1. The number of guanidine groups is 1. The van der Waals surface area contributed by atoms with E-state index in [1.165, 1.54) is 30.4 Å². The SMILES string of the molecule is CCNC(=NCC1CCCc2ccccc21)NCCCOCC1CCOCC1. The van der Waals surface area contributed by atoms with Crippen LogP contribution in [0.4, 0.5) is 0 Å². The van der Waals surface area contributed by atoms with Crippen LogP contribution in [-0.2, 0) is 15.9 Å². The fourth-order valence-corrected chi connectivity index (χ4v) is 4.13. The van der Waals surface area contributed by atoms with Crippen molar-refractivity contribution in [2.45, 2.75) is 51.4 Å². The Hall–Kier alpha value is -1.59. The van der Waals surface area contributed by atoms with E-state index in [1.807, 2.05) is 0 Å². The van der Waals surface area contributed by atoms with Gasteiger partial charge in [0.1, 0.15) is 0 Å². The molecule has 0 saturated carbocycles. The largest absolute Gasteiger partial charge is 0.381 e. The quantitative estimate of drug-likeness (QED) is 0.387. The van der Waals surface area contributed by atoms with Crippen LogP contribution in [0.15, 0.2) is 29.3 Å². The van der Waals surface area contributed by atoms with E-state index < -0.39 is 0 Å². The molecule has 1 heterocycles. The molecule has 1 aliphatic carbocycles. The van der Waals surface area contributed by atoms with Gasteiger partial charge in [0.15, 0.2) is 5.96 Å². The molecule has 156 valence electrons. The lowest BCUT2D eigenvalue weighted by Crippen LogP contribution is -2.38. The molecule has 0 bridgehead atoms. The van der Waals surface area contributed by atoms with E-state index in [0.29, 0.717) is 11.8 Å². The number of benzene rings is 1. The lowest BCUT2D eigenvalue weighted by atomic mass is 9.83. The molecule has 5 nitrogen and oxygen atoms in total. The van der Waals surface area contributed by atoms with Crippen LogP contribution in [0.1, 0.15) is 56.1 Å². The maximum Gasteiger partial charge on any atom is 0.191 e. The van der Waals surface area contributed by atoms with E-state index in [-0.39, 0.29) is 0 Å². The molecule has 1 atom stereocenters. The molecular formula is C23H37N3O2. The Balaban J connectivity index is 1.37. The Morgan fingerprint density at radius 3 is 2.89 bits per heavy atom. The number of aryl methyl sites for hydroxylation is 1. The molecule has 1 saturated heterocycles. The van der Waals surface area contributed by atoms with Crippen LogP contribution in [0.2, 0.25) is 0 Å². The van der Waals surface area contributed by atoms with Gasteiger partial charge in [0, 0.05) is 52.0 Å². The van der Waals surface area contributed by atoms with E-state index in [0.717, 1.165) is 71.3 Å². The highest BCUT2D eigenvalue weighted by Gasteiger charge is 2.19. The number of fused-ring (bicyclic) bond motifs is 1. The summed E-state index contributed by atoms with van der Waals surface area (Å²) >= 11 is 0. The highest BCUT2D eigenvalue weighted by Crippen LogP contribution is 2.31. The topological polar surface area (TPSA) is 54.9 Å². The van der Waals surface area contributed by atoms with Crippen molar-refractivity contribution in [3.8, 4) is 0 Å². The zero-order valence-electron chi connectivity index (χ0n) is 17.4. The molecule has 28 heavy (non-hydrogen) atoms. The van der Waals surface area contributed by atoms with E-state index >= 15 is 0 Å². The molecule has 0 spiro atoms. The third-order valence-corrected chi connectivity index (χ3v) is 5.76. The molecule has 2 aliphatic rings. The number of aliphatic imine (C=N–C) groups is 1. The Morgan fingerprint density at radius 1 is 1.18 bits per heavy atom. The van der Waals surface area contributed by atoms with Crippen molar-refractivity contribution in [3.63, 3.8) is 0 Å². The Bertz CT molecular complexity index is 599. The minimum atomic E-state index is 0.545. The number of rotatable bonds is 9. The first-order valence-electron chi connectivity index (χ1n) is 11.1. The zero-order chi connectivity index (χ0) is 19.4. The maximum atomic E-state index is 5.85. The predicted octanol–water partition coefficient (Wildman–Crippen LogP) is 3.49. The molecule has 1 unspecified atom stereocenters. The summed E-state index contributed by atoms with van der Waals surface area (Å²) in [5, 5.41) is 6.83. The molecule has 0 amide bonds. The number of ether oxygens (including phenoxy) is 2. The molecule has 1 aromatic rings. The monoisotopic (exact) mass is 387 g/mol. The second-order valence-corrected chi connectivity index (χ2v) is 7.92. The van der Waals surface area contributed by atoms with Gasteiger partial charge >= 0.3 is 0 Å². The van der Waals surface area contributed by atoms with Crippen molar-refractivity contribution in [1.29, 1.82) is 0 Å².